The van der Waals surface area contributed by atoms with E-state index in [2.05, 4.69) is 26.7 Å². The smallest absolute Gasteiger partial charge is 0.340 e. The summed E-state index contributed by atoms with van der Waals surface area (Å²) in [4.78, 5) is 21.0. The fraction of sp³-hybridized carbons (Fsp3) is 0.143. The first-order valence-corrected chi connectivity index (χ1v) is 8.75. The van der Waals surface area contributed by atoms with Crippen molar-refractivity contribution < 1.29 is 9.53 Å². The standard InChI is InChI=1S/C21H19N5O2/c1-3-28-20(27)16-9-5-7-11-18(16)24-19-12-14(2)23-21(26-19)25-17-10-6-4-8-15(17)13-22/h4-12H,3H2,1-2H3,(H2,23,24,25,26). The topological polar surface area (TPSA) is 99.9 Å². The second kappa shape index (κ2) is 8.64. The molecule has 3 rings (SSSR count). The Bertz CT molecular complexity index is 1040. The number of carbonyl (C=O) groups is 1. The predicted octanol–water partition coefficient (Wildman–Crippen LogP) is 4.32. The van der Waals surface area contributed by atoms with E-state index in [1.54, 1.807) is 49.4 Å². The fourth-order valence-electron chi connectivity index (χ4n) is 2.62. The number of aromatic nitrogens is 2. The van der Waals surface area contributed by atoms with Crippen molar-refractivity contribution >= 4 is 29.1 Å². The minimum atomic E-state index is -0.405. The molecule has 0 aliphatic rings. The van der Waals surface area contributed by atoms with Gasteiger partial charge in [-0.3, -0.25) is 0 Å². The van der Waals surface area contributed by atoms with Crippen LogP contribution in [0.1, 0.15) is 28.5 Å². The first-order chi connectivity index (χ1) is 13.6. The molecule has 0 radical (unpaired) electrons. The van der Waals surface area contributed by atoms with Crippen molar-refractivity contribution in [1.82, 2.24) is 9.97 Å². The van der Waals surface area contributed by atoms with Crippen LogP contribution in [-0.4, -0.2) is 22.5 Å². The second-order valence-electron chi connectivity index (χ2n) is 5.89. The Labute approximate surface area is 163 Å². The van der Waals surface area contributed by atoms with Crippen molar-refractivity contribution in [3.8, 4) is 6.07 Å². The maximum absolute atomic E-state index is 12.2. The highest BCUT2D eigenvalue weighted by atomic mass is 16.5. The minimum Gasteiger partial charge on any atom is -0.462 e. The number of nitrogens with one attached hydrogen (secondary N) is 2. The molecule has 2 aromatic carbocycles. The third-order valence-corrected chi connectivity index (χ3v) is 3.83. The Balaban J connectivity index is 1.89. The molecule has 0 spiro atoms. The third-order valence-electron chi connectivity index (χ3n) is 3.83. The van der Waals surface area contributed by atoms with Gasteiger partial charge < -0.3 is 15.4 Å². The van der Waals surface area contributed by atoms with Crippen molar-refractivity contribution in [1.29, 1.82) is 5.26 Å². The summed E-state index contributed by atoms with van der Waals surface area (Å²) in [7, 11) is 0. The zero-order valence-corrected chi connectivity index (χ0v) is 15.6. The molecular formula is C21H19N5O2. The van der Waals surface area contributed by atoms with E-state index < -0.39 is 5.97 Å². The predicted molar refractivity (Wildman–Crippen MR) is 107 cm³/mol. The van der Waals surface area contributed by atoms with Gasteiger partial charge in [-0.05, 0) is 38.1 Å². The van der Waals surface area contributed by atoms with Gasteiger partial charge in [-0.1, -0.05) is 24.3 Å². The summed E-state index contributed by atoms with van der Waals surface area (Å²) in [6.45, 7) is 3.90. The van der Waals surface area contributed by atoms with Crippen LogP contribution in [0.25, 0.3) is 0 Å². The number of anilines is 4. The number of aryl methyl sites for hydroxylation is 1. The molecule has 0 saturated carbocycles. The zero-order chi connectivity index (χ0) is 19.9. The molecule has 0 atom stereocenters. The first-order valence-electron chi connectivity index (χ1n) is 8.75. The zero-order valence-electron chi connectivity index (χ0n) is 15.6. The third kappa shape index (κ3) is 4.43. The molecule has 0 bridgehead atoms. The molecule has 28 heavy (non-hydrogen) atoms. The van der Waals surface area contributed by atoms with E-state index in [-0.39, 0.29) is 0 Å². The molecule has 3 aromatic rings. The Kier molecular flexibility index (Phi) is 5.82. The number of hydrogen-bond acceptors (Lipinski definition) is 7. The average molecular weight is 373 g/mol. The van der Waals surface area contributed by atoms with Gasteiger partial charge in [0.2, 0.25) is 5.95 Å². The van der Waals surface area contributed by atoms with Gasteiger partial charge >= 0.3 is 5.97 Å². The quantitative estimate of drug-likeness (QED) is 0.621. The fourth-order valence-corrected chi connectivity index (χ4v) is 2.62. The molecule has 0 aliphatic carbocycles. The minimum absolute atomic E-state index is 0.298. The van der Waals surface area contributed by atoms with Crippen molar-refractivity contribution in [3.05, 3.63) is 71.4 Å². The van der Waals surface area contributed by atoms with Crippen LogP contribution in [-0.2, 0) is 4.74 Å². The van der Waals surface area contributed by atoms with Crippen LogP contribution in [0, 0.1) is 18.3 Å². The lowest BCUT2D eigenvalue weighted by atomic mass is 10.2. The average Bonchev–Trinajstić information content (AvgIpc) is 2.68. The number of para-hydroxylation sites is 2. The Hall–Kier alpha value is -3.92. The molecule has 7 heteroatoms. The summed E-state index contributed by atoms with van der Waals surface area (Å²) < 4.78 is 5.10. The maximum Gasteiger partial charge on any atom is 0.340 e. The van der Waals surface area contributed by atoms with Gasteiger partial charge in [0.1, 0.15) is 11.9 Å². The molecule has 0 fully saturated rings. The molecule has 0 amide bonds. The van der Waals surface area contributed by atoms with Crippen LogP contribution in [0.15, 0.2) is 54.6 Å². The lowest BCUT2D eigenvalue weighted by Crippen LogP contribution is -2.09. The van der Waals surface area contributed by atoms with Crippen LogP contribution < -0.4 is 10.6 Å². The number of nitriles is 1. The Morgan fingerprint density at radius 3 is 2.54 bits per heavy atom. The lowest BCUT2D eigenvalue weighted by molar-refractivity contribution is 0.0527. The van der Waals surface area contributed by atoms with E-state index in [4.69, 9.17) is 4.74 Å². The van der Waals surface area contributed by atoms with Gasteiger partial charge in [-0.15, -0.1) is 0 Å². The Morgan fingerprint density at radius 2 is 1.79 bits per heavy atom. The number of ether oxygens (including phenoxy) is 1. The lowest BCUT2D eigenvalue weighted by Gasteiger charge is -2.13. The molecule has 0 aliphatic heterocycles. The van der Waals surface area contributed by atoms with Crippen molar-refractivity contribution in [2.45, 2.75) is 13.8 Å². The highest BCUT2D eigenvalue weighted by Gasteiger charge is 2.13. The van der Waals surface area contributed by atoms with Crippen molar-refractivity contribution in [2.24, 2.45) is 0 Å². The molecular weight excluding hydrogens is 354 g/mol. The number of esters is 1. The number of carbonyl (C=O) groups excluding carboxylic acids is 1. The molecule has 1 aromatic heterocycles. The summed E-state index contributed by atoms with van der Waals surface area (Å²) in [5.41, 5.74) is 2.85. The van der Waals surface area contributed by atoms with Crippen LogP contribution in [0.3, 0.4) is 0 Å². The maximum atomic E-state index is 12.2. The molecule has 1 heterocycles. The van der Waals surface area contributed by atoms with Crippen molar-refractivity contribution in [2.75, 3.05) is 17.2 Å². The van der Waals surface area contributed by atoms with Gasteiger partial charge in [0, 0.05) is 11.8 Å². The van der Waals surface area contributed by atoms with Crippen LogP contribution >= 0.6 is 0 Å². The molecule has 0 saturated heterocycles. The van der Waals surface area contributed by atoms with Gasteiger partial charge in [-0.2, -0.15) is 10.2 Å². The van der Waals surface area contributed by atoms with Gasteiger partial charge in [0.25, 0.3) is 0 Å². The largest absolute Gasteiger partial charge is 0.462 e. The molecule has 2 N–H and O–H groups in total. The summed E-state index contributed by atoms with van der Waals surface area (Å²) in [6, 6.07) is 18.1. The summed E-state index contributed by atoms with van der Waals surface area (Å²) >= 11 is 0. The van der Waals surface area contributed by atoms with Gasteiger partial charge in [0.15, 0.2) is 0 Å². The Morgan fingerprint density at radius 1 is 1.07 bits per heavy atom. The molecule has 7 nitrogen and oxygen atoms in total. The van der Waals surface area contributed by atoms with E-state index >= 15 is 0 Å². The monoisotopic (exact) mass is 373 g/mol. The van der Waals surface area contributed by atoms with E-state index in [1.807, 2.05) is 19.1 Å². The number of rotatable bonds is 6. The molecule has 0 unspecified atom stereocenters. The first kappa shape index (κ1) is 18.9. The SMILES string of the molecule is CCOC(=O)c1ccccc1Nc1cc(C)nc(Nc2ccccc2C#N)n1. The van der Waals surface area contributed by atoms with E-state index in [9.17, 15) is 10.1 Å². The van der Waals surface area contributed by atoms with E-state index in [0.717, 1.165) is 5.69 Å². The van der Waals surface area contributed by atoms with Crippen molar-refractivity contribution in [3.63, 3.8) is 0 Å². The van der Waals surface area contributed by atoms with E-state index in [1.165, 1.54) is 0 Å². The number of nitrogens with zero attached hydrogens (tertiary/aromatic N) is 3. The number of benzene rings is 2. The van der Waals surface area contributed by atoms with Gasteiger partial charge in [-0.25, -0.2) is 9.78 Å². The van der Waals surface area contributed by atoms with Gasteiger partial charge in [0.05, 0.1) is 29.1 Å². The molecule has 140 valence electrons. The van der Waals surface area contributed by atoms with E-state index in [0.29, 0.717) is 40.9 Å². The van der Waals surface area contributed by atoms with Crippen LogP contribution in [0.2, 0.25) is 0 Å². The number of hydrogen-bond donors (Lipinski definition) is 2. The van der Waals surface area contributed by atoms with Crippen LogP contribution in [0.5, 0.6) is 0 Å². The summed E-state index contributed by atoms with van der Waals surface area (Å²) in [5, 5.41) is 15.5. The highest BCUT2D eigenvalue weighted by Crippen LogP contribution is 2.23. The summed E-state index contributed by atoms with van der Waals surface area (Å²) in [5.74, 6) is 0.456. The normalized spacial score (nSPS) is 10.0. The summed E-state index contributed by atoms with van der Waals surface area (Å²) in [6.07, 6.45) is 0. The second-order valence-corrected chi connectivity index (χ2v) is 5.89. The highest BCUT2D eigenvalue weighted by molar-refractivity contribution is 5.96. The van der Waals surface area contributed by atoms with Crippen LogP contribution in [0.4, 0.5) is 23.1 Å².